The van der Waals surface area contributed by atoms with E-state index < -0.39 is 0 Å². The van der Waals surface area contributed by atoms with Gasteiger partial charge in [0, 0.05) is 12.6 Å². The molecule has 0 saturated heterocycles. The zero-order valence-electron chi connectivity index (χ0n) is 12.2. The molecule has 1 rings (SSSR count). The van der Waals surface area contributed by atoms with Gasteiger partial charge in [0.2, 0.25) is 0 Å². The van der Waals surface area contributed by atoms with Crippen molar-refractivity contribution < 1.29 is 9.47 Å². The van der Waals surface area contributed by atoms with Crippen LogP contribution in [0.5, 0.6) is 11.5 Å². The highest BCUT2D eigenvalue weighted by Crippen LogP contribution is 2.36. The highest BCUT2D eigenvalue weighted by molar-refractivity contribution is 9.10. The largest absolute Gasteiger partial charge is 0.493 e. The predicted molar refractivity (Wildman–Crippen MR) is 83.0 cm³/mol. The molecule has 1 N–H and O–H groups in total. The summed E-state index contributed by atoms with van der Waals surface area (Å²) < 4.78 is 11.8. The molecule has 4 nitrogen and oxygen atoms in total. The van der Waals surface area contributed by atoms with Gasteiger partial charge in [0.1, 0.15) is 0 Å². The van der Waals surface area contributed by atoms with Crippen molar-refractivity contribution in [2.75, 3.05) is 13.7 Å². The zero-order chi connectivity index (χ0) is 15.0. The van der Waals surface area contributed by atoms with E-state index in [0.29, 0.717) is 25.3 Å². The average molecular weight is 341 g/mol. The highest BCUT2D eigenvalue weighted by atomic mass is 79.9. The molecule has 0 aromatic heterocycles. The smallest absolute Gasteiger partial charge is 0.175 e. The number of halogens is 1. The van der Waals surface area contributed by atoms with Crippen LogP contribution in [-0.2, 0) is 6.54 Å². The number of ether oxygens (including phenoxy) is 2. The first kappa shape index (κ1) is 16.8. The summed E-state index contributed by atoms with van der Waals surface area (Å²) in [5.74, 6) is 1.44. The van der Waals surface area contributed by atoms with E-state index in [1.165, 1.54) is 0 Å². The van der Waals surface area contributed by atoms with Crippen LogP contribution in [-0.4, -0.2) is 19.8 Å². The van der Waals surface area contributed by atoms with Crippen LogP contribution >= 0.6 is 15.9 Å². The van der Waals surface area contributed by atoms with Crippen LogP contribution in [0.2, 0.25) is 0 Å². The Balaban J connectivity index is 2.81. The average Bonchev–Trinajstić information content (AvgIpc) is 2.45. The lowest BCUT2D eigenvalue weighted by molar-refractivity contribution is 0.308. The third kappa shape index (κ3) is 4.69. The van der Waals surface area contributed by atoms with Gasteiger partial charge in [0.25, 0.3) is 0 Å². The van der Waals surface area contributed by atoms with Crippen LogP contribution in [0.15, 0.2) is 16.6 Å². The molecule has 20 heavy (non-hydrogen) atoms. The van der Waals surface area contributed by atoms with E-state index in [1.54, 1.807) is 7.11 Å². The molecule has 0 aliphatic heterocycles. The number of hydrogen-bond donors (Lipinski definition) is 1. The fraction of sp³-hybridized carbons (Fsp3) is 0.533. The minimum atomic E-state index is 0.219. The number of benzene rings is 1. The first-order valence-electron chi connectivity index (χ1n) is 6.75. The molecule has 0 radical (unpaired) electrons. The van der Waals surface area contributed by atoms with Gasteiger partial charge >= 0.3 is 0 Å². The number of nitriles is 1. The Morgan fingerprint density at radius 3 is 2.70 bits per heavy atom. The lowest BCUT2D eigenvalue weighted by Crippen LogP contribution is -2.27. The molecular weight excluding hydrogens is 320 g/mol. The Hall–Kier alpha value is -1.25. The molecule has 0 bridgehead atoms. The molecule has 110 valence electrons. The molecule has 1 atom stereocenters. The normalized spacial score (nSPS) is 11.8. The van der Waals surface area contributed by atoms with Crippen molar-refractivity contribution >= 4 is 15.9 Å². The van der Waals surface area contributed by atoms with E-state index in [-0.39, 0.29) is 6.04 Å². The van der Waals surface area contributed by atoms with Gasteiger partial charge in [-0.25, -0.2) is 0 Å². The monoisotopic (exact) mass is 340 g/mol. The predicted octanol–water partition coefficient (Wildman–Crippen LogP) is 3.64. The first-order chi connectivity index (χ1) is 9.65. The molecular formula is C15H21BrN2O2. The van der Waals surface area contributed by atoms with Crippen LogP contribution in [0, 0.1) is 11.3 Å². The second-order valence-electron chi connectivity index (χ2n) is 4.39. The maximum Gasteiger partial charge on any atom is 0.175 e. The first-order valence-corrected chi connectivity index (χ1v) is 7.55. The van der Waals surface area contributed by atoms with Crippen molar-refractivity contribution in [2.45, 2.75) is 39.3 Å². The molecule has 0 aliphatic carbocycles. The summed E-state index contributed by atoms with van der Waals surface area (Å²) in [5, 5.41) is 12.1. The molecule has 0 fully saturated rings. The molecule has 0 aliphatic rings. The summed E-state index contributed by atoms with van der Waals surface area (Å²) in [6, 6.07) is 6.39. The minimum absolute atomic E-state index is 0.219. The molecule has 1 unspecified atom stereocenters. The molecule has 0 heterocycles. The number of methoxy groups -OCH3 is 1. The van der Waals surface area contributed by atoms with Crippen molar-refractivity contribution in [3.05, 3.63) is 22.2 Å². The van der Waals surface area contributed by atoms with E-state index in [4.69, 9.17) is 14.7 Å². The van der Waals surface area contributed by atoms with E-state index >= 15 is 0 Å². The van der Waals surface area contributed by atoms with Gasteiger partial charge in [0.15, 0.2) is 11.5 Å². The Morgan fingerprint density at radius 1 is 1.40 bits per heavy atom. The number of nitrogens with one attached hydrogen (secondary N) is 1. The van der Waals surface area contributed by atoms with Crippen LogP contribution < -0.4 is 14.8 Å². The summed E-state index contributed by atoms with van der Waals surface area (Å²) >= 11 is 3.51. The van der Waals surface area contributed by atoms with Crippen LogP contribution in [0.1, 0.15) is 32.3 Å². The molecule has 0 spiro atoms. The fourth-order valence-electron chi connectivity index (χ4n) is 1.89. The Labute approximate surface area is 129 Å². The van der Waals surface area contributed by atoms with Gasteiger partial charge in [-0.2, -0.15) is 5.26 Å². The quantitative estimate of drug-likeness (QED) is 0.784. The fourth-order valence-corrected chi connectivity index (χ4v) is 2.50. The summed E-state index contributed by atoms with van der Waals surface area (Å²) in [5.41, 5.74) is 1.09. The van der Waals surface area contributed by atoms with Crippen molar-refractivity contribution in [3.63, 3.8) is 0 Å². The third-order valence-corrected chi connectivity index (χ3v) is 3.59. The topological polar surface area (TPSA) is 54.3 Å². The molecule has 1 aromatic carbocycles. The van der Waals surface area contributed by atoms with Gasteiger partial charge in [-0.05, 0) is 47.0 Å². The Morgan fingerprint density at radius 2 is 2.15 bits per heavy atom. The number of rotatable bonds is 8. The highest BCUT2D eigenvalue weighted by Gasteiger charge is 2.12. The second kappa shape index (κ2) is 8.83. The minimum Gasteiger partial charge on any atom is -0.493 e. The summed E-state index contributed by atoms with van der Waals surface area (Å²) in [6.07, 6.45) is 1.45. The van der Waals surface area contributed by atoms with Crippen molar-refractivity contribution in [1.29, 1.82) is 5.26 Å². The van der Waals surface area contributed by atoms with Crippen LogP contribution in [0.25, 0.3) is 0 Å². The van der Waals surface area contributed by atoms with E-state index in [1.807, 2.05) is 19.1 Å². The Kier molecular flexibility index (Phi) is 7.42. The van der Waals surface area contributed by atoms with Crippen molar-refractivity contribution in [1.82, 2.24) is 5.32 Å². The second-order valence-corrected chi connectivity index (χ2v) is 5.24. The molecule has 0 amide bonds. The van der Waals surface area contributed by atoms with Gasteiger partial charge in [-0.1, -0.05) is 6.92 Å². The maximum absolute atomic E-state index is 8.75. The molecule has 0 saturated carbocycles. The number of hydrogen-bond acceptors (Lipinski definition) is 4. The van der Waals surface area contributed by atoms with Gasteiger partial charge in [-0.3, -0.25) is 0 Å². The molecule has 5 heteroatoms. The standard InChI is InChI=1S/C15H21BrN2O2/c1-4-12(6-7-17)18-10-11-8-13(16)15(20-5-2)14(9-11)19-3/h8-9,12,18H,4-6,10H2,1-3H3. The van der Waals surface area contributed by atoms with E-state index in [0.717, 1.165) is 22.2 Å². The lowest BCUT2D eigenvalue weighted by Gasteiger charge is -2.16. The zero-order valence-corrected chi connectivity index (χ0v) is 13.8. The van der Waals surface area contributed by atoms with Gasteiger partial charge in [-0.15, -0.1) is 0 Å². The van der Waals surface area contributed by atoms with E-state index in [9.17, 15) is 0 Å². The third-order valence-electron chi connectivity index (χ3n) is 3.00. The maximum atomic E-state index is 8.75. The van der Waals surface area contributed by atoms with Crippen molar-refractivity contribution in [3.8, 4) is 17.6 Å². The Bertz CT molecular complexity index is 472. The summed E-state index contributed by atoms with van der Waals surface area (Å²) in [7, 11) is 1.63. The van der Waals surface area contributed by atoms with Gasteiger partial charge in [0.05, 0.1) is 30.7 Å². The SMILES string of the molecule is CCOc1c(Br)cc(CNC(CC)CC#N)cc1OC. The van der Waals surface area contributed by atoms with Crippen molar-refractivity contribution in [2.24, 2.45) is 0 Å². The van der Waals surface area contributed by atoms with E-state index in [2.05, 4.69) is 34.2 Å². The number of nitrogens with zero attached hydrogens (tertiary/aromatic N) is 1. The van der Waals surface area contributed by atoms with Crippen LogP contribution in [0.3, 0.4) is 0 Å². The molecule has 1 aromatic rings. The van der Waals surface area contributed by atoms with Gasteiger partial charge < -0.3 is 14.8 Å². The lowest BCUT2D eigenvalue weighted by atomic mass is 10.1. The van der Waals surface area contributed by atoms with Crippen LogP contribution in [0.4, 0.5) is 0 Å². The summed E-state index contributed by atoms with van der Waals surface area (Å²) in [6.45, 7) is 5.30. The summed E-state index contributed by atoms with van der Waals surface area (Å²) in [4.78, 5) is 0.